The molecule has 5 heteroatoms. The van der Waals surface area contributed by atoms with Crippen LogP contribution in [0.2, 0.25) is 0 Å². The van der Waals surface area contributed by atoms with E-state index in [1.165, 1.54) is 11.3 Å². The number of rotatable bonds is 4. The molecule has 0 aliphatic carbocycles. The molecule has 0 saturated carbocycles. The molecule has 0 spiro atoms. The van der Waals surface area contributed by atoms with E-state index < -0.39 is 0 Å². The van der Waals surface area contributed by atoms with Crippen LogP contribution in [0.3, 0.4) is 0 Å². The topological polar surface area (TPSA) is 46.1 Å². The summed E-state index contributed by atoms with van der Waals surface area (Å²) in [5.74, 6) is -0.0610. The molecule has 4 nitrogen and oxygen atoms in total. The van der Waals surface area contributed by atoms with Crippen molar-refractivity contribution in [3.05, 3.63) is 88.7 Å². The third-order valence-electron chi connectivity index (χ3n) is 4.60. The zero-order chi connectivity index (χ0) is 19.7. The lowest BCUT2D eigenvalue weighted by Gasteiger charge is -2.20. The van der Waals surface area contributed by atoms with Crippen LogP contribution in [0.25, 0.3) is 10.2 Å². The fourth-order valence-electron chi connectivity index (χ4n) is 3.32. The molecule has 0 aliphatic heterocycles. The molecule has 0 N–H and O–H groups in total. The lowest BCUT2D eigenvalue weighted by atomic mass is 10.1. The Bertz CT molecular complexity index is 1130. The number of hydrogen-bond acceptors (Lipinski definition) is 4. The Kier molecular flexibility index (Phi) is 4.92. The molecule has 28 heavy (non-hydrogen) atoms. The maximum Gasteiger partial charge on any atom is 0.260 e. The van der Waals surface area contributed by atoms with Crippen molar-refractivity contribution in [3.8, 4) is 0 Å². The highest BCUT2D eigenvalue weighted by atomic mass is 32.1. The number of aryl methyl sites for hydroxylation is 3. The van der Waals surface area contributed by atoms with E-state index in [4.69, 9.17) is 4.98 Å². The maximum absolute atomic E-state index is 13.5. The second kappa shape index (κ2) is 7.52. The van der Waals surface area contributed by atoms with Gasteiger partial charge in [-0.25, -0.2) is 4.98 Å². The van der Waals surface area contributed by atoms with E-state index in [0.717, 1.165) is 32.6 Å². The first kappa shape index (κ1) is 18.3. The van der Waals surface area contributed by atoms with Crippen LogP contribution >= 0.6 is 11.3 Å². The van der Waals surface area contributed by atoms with Gasteiger partial charge in [0.25, 0.3) is 5.91 Å². The van der Waals surface area contributed by atoms with E-state index in [2.05, 4.69) is 11.1 Å². The number of carbonyl (C=O) groups excluding carboxylic acids is 1. The fourth-order valence-corrected chi connectivity index (χ4v) is 4.37. The third-order valence-corrected chi connectivity index (χ3v) is 5.64. The highest BCUT2D eigenvalue weighted by Crippen LogP contribution is 2.32. The molecule has 2 aromatic heterocycles. The van der Waals surface area contributed by atoms with Gasteiger partial charge in [0.1, 0.15) is 0 Å². The number of amides is 1. The molecule has 1 amide bonds. The van der Waals surface area contributed by atoms with Gasteiger partial charge in [0.15, 0.2) is 5.13 Å². The van der Waals surface area contributed by atoms with E-state index in [1.54, 1.807) is 11.1 Å². The highest BCUT2D eigenvalue weighted by molar-refractivity contribution is 7.22. The number of pyridine rings is 1. The molecule has 0 atom stereocenters. The Balaban J connectivity index is 1.80. The quantitative estimate of drug-likeness (QED) is 0.467. The molecule has 0 unspecified atom stereocenters. The van der Waals surface area contributed by atoms with Crippen LogP contribution in [0, 0.1) is 20.8 Å². The molecule has 2 aromatic carbocycles. The van der Waals surface area contributed by atoms with Crippen LogP contribution < -0.4 is 4.90 Å². The molecule has 0 radical (unpaired) electrons. The van der Waals surface area contributed by atoms with Crippen molar-refractivity contribution >= 4 is 32.6 Å². The standard InChI is InChI=1S/C23H21N3OS/c1-15-11-16(2)13-18(12-15)22(27)26(14-19-8-4-5-10-24-19)23-25-21-17(3)7-6-9-20(21)28-23/h4-13H,14H2,1-3H3. The number of hydrogen-bond donors (Lipinski definition) is 0. The van der Waals surface area contributed by atoms with Crippen LogP contribution in [-0.4, -0.2) is 15.9 Å². The number of aromatic nitrogens is 2. The van der Waals surface area contributed by atoms with E-state index >= 15 is 0 Å². The Hall–Kier alpha value is -3.05. The number of anilines is 1. The monoisotopic (exact) mass is 387 g/mol. The molecule has 0 bridgehead atoms. The summed E-state index contributed by atoms with van der Waals surface area (Å²) in [4.78, 5) is 24.4. The average Bonchev–Trinajstić information content (AvgIpc) is 3.11. The van der Waals surface area contributed by atoms with Gasteiger partial charge in [-0.3, -0.25) is 14.7 Å². The van der Waals surface area contributed by atoms with Crippen molar-refractivity contribution in [2.75, 3.05) is 4.90 Å². The number of fused-ring (bicyclic) bond motifs is 1. The van der Waals surface area contributed by atoms with Gasteiger partial charge in [-0.15, -0.1) is 0 Å². The van der Waals surface area contributed by atoms with E-state index in [-0.39, 0.29) is 5.91 Å². The summed E-state index contributed by atoms with van der Waals surface area (Å²) in [5, 5.41) is 0.694. The summed E-state index contributed by atoms with van der Waals surface area (Å²) in [7, 11) is 0. The van der Waals surface area contributed by atoms with Gasteiger partial charge in [-0.2, -0.15) is 0 Å². The minimum Gasteiger partial charge on any atom is -0.278 e. The fraction of sp³-hybridized carbons (Fsp3) is 0.174. The summed E-state index contributed by atoms with van der Waals surface area (Å²) in [6, 6.07) is 17.8. The largest absolute Gasteiger partial charge is 0.278 e. The number of para-hydroxylation sites is 1. The smallest absolute Gasteiger partial charge is 0.260 e. The first-order valence-electron chi connectivity index (χ1n) is 9.17. The second-order valence-corrected chi connectivity index (χ2v) is 8.02. The van der Waals surface area contributed by atoms with Gasteiger partial charge in [0, 0.05) is 11.8 Å². The summed E-state index contributed by atoms with van der Waals surface area (Å²) in [6.07, 6.45) is 1.75. The zero-order valence-electron chi connectivity index (χ0n) is 16.1. The maximum atomic E-state index is 13.5. The van der Waals surface area contributed by atoms with Crippen LogP contribution in [0.4, 0.5) is 5.13 Å². The molecule has 4 aromatic rings. The Morgan fingerprint density at radius 3 is 2.46 bits per heavy atom. The number of benzene rings is 2. The average molecular weight is 388 g/mol. The number of thiazole rings is 1. The SMILES string of the molecule is Cc1cc(C)cc(C(=O)N(Cc2ccccn2)c2nc3c(C)cccc3s2)c1. The summed E-state index contributed by atoms with van der Waals surface area (Å²) >= 11 is 1.54. The predicted octanol–water partition coefficient (Wildman–Crippen LogP) is 5.46. The van der Waals surface area contributed by atoms with Crippen molar-refractivity contribution in [2.24, 2.45) is 0 Å². The second-order valence-electron chi connectivity index (χ2n) is 7.01. The zero-order valence-corrected chi connectivity index (χ0v) is 17.0. The number of nitrogens with zero attached hydrogens (tertiary/aromatic N) is 3. The van der Waals surface area contributed by atoms with Gasteiger partial charge < -0.3 is 0 Å². The Morgan fingerprint density at radius 2 is 1.79 bits per heavy atom. The Morgan fingerprint density at radius 1 is 1.00 bits per heavy atom. The molecule has 2 heterocycles. The van der Waals surface area contributed by atoms with Crippen molar-refractivity contribution < 1.29 is 4.79 Å². The van der Waals surface area contributed by atoms with E-state index in [0.29, 0.717) is 17.2 Å². The van der Waals surface area contributed by atoms with Crippen molar-refractivity contribution in [1.82, 2.24) is 9.97 Å². The van der Waals surface area contributed by atoms with Gasteiger partial charge >= 0.3 is 0 Å². The van der Waals surface area contributed by atoms with Gasteiger partial charge in [-0.1, -0.05) is 46.7 Å². The lowest BCUT2D eigenvalue weighted by Crippen LogP contribution is -2.30. The van der Waals surface area contributed by atoms with Crippen LogP contribution in [0.15, 0.2) is 60.8 Å². The predicted molar refractivity (Wildman–Crippen MR) is 115 cm³/mol. The normalized spacial score (nSPS) is 11.0. The summed E-state index contributed by atoms with van der Waals surface area (Å²) in [5.41, 5.74) is 5.70. The number of carbonyl (C=O) groups is 1. The Labute approximate surface area is 168 Å². The summed E-state index contributed by atoms with van der Waals surface area (Å²) < 4.78 is 1.08. The summed E-state index contributed by atoms with van der Waals surface area (Å²) in [6.45, 7) is 6.44. The van der Waals surface area contributed by atoms with E-state index in [1.807, 2.05) is 69.3 Å². The minimum atomic E-state index is -0.0610. The van der Waals surface area contributed by atoms with Crippen LogP contribution in [-0.2, 0) is 6.54 Å². The van der Waals surface area contributed by atoms with Gasteiger partial charge in [0.05, 0.1) is 22.5 Å². The molecule has 0 aliphatic rings. The first-order chi connectivity index (χ1) is 13.5. The van der Waals surface area contributed by atoms with Crippen LogP contribution in [0.5, 0.6) is 0 Å². The van der Waals surface area contributed by atoms with E-state index in [9.17, 15) is 4.79 Å². The molecular weight excluding hydrogens is 366 g/mol. The van der Waals surface area contributed by atoms with Crippen molar-refractivity contribution in [3.63, 3.8) is 0 Å². The minimum absolute atomic E-state index is 0.0610. The van der Waals surface area contributed by atoms with Gasteiger partial charge in [-0.05, 0) is 56.7 Å². The van der Waals surface area contributed by atoms with Crippen LogP contribution in [0.1, 0.15) is 32.7 Å². The first-order valence-corrected chi connectivity index (χ1v) is 9.99. The molecule has 4 rings (SSSR count). The lowest BCUT2D eigenvalue weighted by molar-refractivity contribution is 0.0984. The molecule has 0 fully saturated rings. The van der Waals surface area contributed by atoms with Crippen molar-refractivity contribution in [1.29, 1.82) is 0 Å². The third kappa shape index (κ3) is 3.66. The molecule has 140 valence electrons. The highest BCUT2D eigenvalue weighted by Gasteiger charge is 2.23. The molecule has 0 saturated heterocycles. The van der Waals surface area contributed by atoms with Gasteiger partial charge in [0.2, 0.25) is 0 Å². The molecular formula is C23H21N3OS. The van der Waals surface area contributed by atoms with Crippen molar-refractivity contribution in [2.45, 2.75) is 27.3 Å².